The first kappa shape index (κ1) is 34.2. The van der Waals surface area contributed by atoms with Crippen LogP contribution in [-0.4, -0.2) is 9.55 Å². The summed E-state index contributed by atoms with van der Waals surface area (Å²) in [5.41, 5.74) is 9.80. The maximum absolute atomic E-state index is 9.33. The number of aryl methyl sites for hydroxylation is 2. The maximum atomic E-state index is 9.33. The minimum atomic E-state index is -2.48. The summed E-state index contributed by atoms with van der Waals surface area (Å²) in [5, 5.41) is 0.652. The van der Waals surface area contributed by atoms with Crippen LogP contribution in [0.5, 0.6) is 11.5 Å². The number of fused-ring (bicyclic) bond motifs is 4. The molecule has 11 rings (SSSR count). The number of rotatable bonds is 10. The van der Waals surface area contributed by atoms with Crippen molar-refractivity contribution in [2.24, 2.45) is 5.92 Å². The second-order valence-corrected chi connectivity index (χ2v) is 18.6. The minimum Gasteiger partial charge on any atom is -0.509 e. The number of nitrogens with zero attached hydrogens (tertiary/aromatic N) is 4. The average Bonchev–Trinajstić information content (AvgIpc) is 2.11. The van der Waals surface area contributed by atoms with E-state index in [1.807, 2.05) is 116 Å². The van der Waals surface area contributed by atoms with E-state index in [1.54, 1.807) is 30.3 Å². The molecule has 1 aliphatic heterocycles. The second kappa shape index (κ2) is 18.9. The zero-order chi connectivity index (χ0) is 57.7. The van der Waals surface area contributed by atoms with E-state index >= 15 is 0 Å². The van der Waals surface area contributed by atoms with Gasteiger partial charge in [0.15, 0.2) is 0 Å². The van der Waals surface area contributed by atoms with Crippen LogP contribution in [0.4, 0.5) is 22.7 Å². The topological polar surface area (TPSA) is 33.5 Å². The number of hydrogen-bond donors (Lipinski definition) is 0. The Hall–Kier alpha value is -7.20. The third-order valence-corrected chi connectivity index (χ3v) is 12.4. The van der Waals surface area contributed by atoms with Gasteiger partial charge in [-0.25, -0.2) is 4.98 Å². The third-order valence-electron chi connectivity index (χ3n) is 12.4. The molecule has 350 valence electrons. The van der Waals surface area contributed by atoms with Crippen LogP contribution in [0.1, 0.15) is 73.3 Å². The predicted octanol–water partition coefficient (Wildman–Crippen LogP) is 17.1. The van der Waals surface area contributed by atoms with E-state index in [1.165, 1.54) is 22.9 Å². The second-order valence-electron chi connectivity index (χ2n) is 18.6. The molecule has 10 aromatic rings. The molecule has 1 aliphatic rings. The van der Waals surface area contributed by atoms with Gasteiger partial charge in [0.2, 0.25) is 0 Å². The van der Waals surface area contributed by atoms with Gasteiger partial charge in [-0.1, -0.05) is 155 Å². The molecule has 0 aliphatic carbocycles. The van der Waals surface area contributed by atoms with Gasteiger partial charge in [-0.2, -0.15) is 12.1 Å². The summed E-state index contributed by atoms with van der Waals surface area (Å²) in [6, 6.07) is 52.1. The van der Waals surface area contributed by atoms with E-state index in [0.717, 1.165) is 50.4 Å². The maximum Gasteiger partial charge on any atom is 0.135 e. The van der Waals surface area contributed by atoms with Gasteiger partial charge in [0.1, 0.15) is 5.82 Å². The van der Waals surface area contributed by atoms with Crippen molar-refractivity contribution in [1.29, 1.82) is 0 Å². The van der Waals surface area contributed by atoms with E-state index in [0.29, 0.717) is 33.5 Å². The van der Waals surface area contributed by atoms with Gasteiger partial charge in [-0.05, 0) is 112 Å². The largest absolute Gasteiger partial charge is 0.509 e. The smallest absolute Gasteiger partial charge is 0.135 e. The Morgan fingerprint density at radius 3 is 2.16 bits per heavy atom. The van der Waals surface area contributed by atoms with Crippen LogP contribution in [-0.2, 0) is 32.9 Å². The summed E-state index contributed by atoms with van der Waals surface area (Å²) >= 11 is 0. The van der Waals surface area contributed by atoms with Crippen LogP contribution in [0.25, 0.3) is 61.0 Å². The van der Waals surface area contributed by atoms with Crippen molar-refractivity contribution in [3.8, 4) is 50.7 Å². The fourth-order valence-electron chi connectivity index (χ4n) is 9.15. The fourth-order valence-corrected chi connectivity index (χ4v) is 9.15. The number of aromatic nitrogens is 2. The van der Waals surface area contributed by atoms with Crippen molar-refractivity contribution in [2.75, 3.05) is 9.80 Å². The van der Waals surface area contributed by atoms with E-state index in [4.69, 9.17) is 18.4 Å². The van der Waals surface area contributed by atoms with Crippen molar-refractivity contribution in [1.82, 2.24) is 9.55 Å². The van der Waals surface area contributed by atoms with Crippen molar-refractivity contribution in [3.63, 3.8) is 0 Å². The molecule has 2 aromatic heterocycles. The predicted molar refractivity (Wildman–Crippen MR) is 287 cm³/mol. The molecule has 0 atom stereocenters. The molecular formula is C64H55N4OPt-3. The zero-order valence-electron chi connectivity index (χ0n) is 51.2. The molecule has 0 amide bonds. The Labute approximate surface area is 444 Å². The molecule has 0 N–H and O–H groups in total. The van der Waals surface area contributed by atoms with Crippen LogP contribution < -0.4 is 14.5 Å². The minimum absolute atomic E-state index is 0. The van der Waals surface area contributed by atoms with Gasteiger partial charge in [0.25, 0.3) is 0 Å². The number of para-hydroxylation sites is 4. The normalized spacial score (nSPS) is 15.5. The molecule has 0 saturated carbocycles. The Morgan fingerprint density at radius 1 is 0.686 bits per heavy atom. The summed E-state index contributed by atoms with van der Waals surface area (Å²) in [4.78, 5) is 8.64. The van der Waals surface area contributed by atoms with Gasteiger partial charge < -0.3 is 19.1 Å². The molecule has 6 heteroatoms. The number of benzene rings is 8. The Bertz CT molecular complexity index is 4110. The van der Waals surface area contributed by atoms with Crippen LogP contribution >= 0.6 is 0 Å². The molecule has 0 fully saturated rings. The van der Waals surface area contributed by atoms with E-state index in [-0.39, 0.29) is 78.1 Å². The summed E-state index contributed by atoms with van der Waals surface area (Å²) in [6.07, 6.45) is -0.295. The van der Waals surface area contributed by atoms with Gasteiger partial charge in [-0.15, -0.1) is 48.1 Å². The molecular weight excluding hydrogens is 1040 g/mol. The van der Waals surface area contributed by atoms with Crippen LogP contribution in [0.15, 0.2) is 182 Å². The molecule has 3 heterocycles. The number of pyridine rings is 1. The Balaban J connectivity index is 0.00000753. The molecule has 0 saturated heterocycles. The number of anilines is 4. The van der Waals surface area contributed by atoms with E-state index < -0.39 is 32.2 Å². The van der Waals surface area contributed by atoms with Gasteiger partial charge in [0.05, 0.1) is 5.48 Å². The molecule has 0 bridgehead atoms. The van der Waals surface area contributed by atoms with E-state index in [9.17, 15) is 2.74 Å². The third kappa shape index (κ3) is 8.84. The van der Waals surface area contributed by atoms with Crippen molar-refractivity contribution in [3.05, 3.63) is 223 Å². The first-order valence-corrected chi connectivity index (χ1v) is 23.0. The van der Waals surface area contributed by atoms with Gasteiger partial charge in [0, 0.05) is 83.4 Å². The van der Waals surface area contributed by atoms with Crippen LogP contribution in [0.2, 0.25) is 0 Å². The number of ether oxygens (including phenoxy) is 1. The van der Waals surface area contributed by atoms with Crippen LogP contribution in [0, 0.1) is 38.4 Å². The fraction of sp³-hybridized carbons (Fsp3) is 0.156. The molecule has 70 heavy (non-hydrogen) atoms. The molecule has 0 spiro atoms. The standard InChI is InChI=1S/C64H55N4O.Pt/c1-42(2)34-45-36-48(38-49(37-45)64(5,6)7)55-22-15-21-54(47-28-26-46(27-29-47)53-19-9-8-16-44(53)4)63(55)67-41-66(59-24-12-13-25-60(59)67)50-17-14-18-51(39-50)69-52-30-31-57-56-20-10-11-23-58(56)68(61(57)40-52)62-35-43(3)32-33-65-62;/h8-33,35-38,41-42H,34H2,1-7H3;/q-3;/i3D3,4D3,10D,11D,20D,23D,34D2;. The first-order valence-electron chi connectivity index (χ1n) is 29.0. The quantitative estimate of drug-likeness (QED) is 0.128. The summed E-state index contributed by atoms with van der Waals surface area (Å²) < 4.78 is 111. The van der Waals surface area contributed by atoms with Crippen LogP contribution in [0.3, 0.4) is 0 Å². The van der Waals surface area contributed by atoms with Gasteiger partial charge >= 0.3 is 0 Å². The average molecular weight is 1100 g/mol. The van der Waals surface area contributed by atoms with Gasteiger partial charge in [-0.3, -0.25) is 0 Å². The molecule has 5 nitrogen and oxygen atoms in total. The Morgan fingerprint density at radius 2 is 1.39 bits per heavy atom. The zero-order valence-corrected chi connectivity index (χ0v) is 41.5. The molecule has 0 unspecified atom stereocenters. The SMILES string of the molecule is [2H]c1c([2H])c([2H])c2c(c1[2H])c1ccc(Oc3[c-]c(N4[CH-]N(c5c(-c6ccc(-c7ccccc7C([2H])([2H])[2H])cc6)cccc5-c5cc(C(C)(C)C)cc(C([2H])([2H])C(C)C)c5)c5ccccc54)ccc3)[c-]c1n2-c1cc(C([2H])([2H])[2H])ccn1.[Pt]. The van der Waals surface area contributed by atoms with Crippen molar-refractivity contribution in [2.45, 2.75) is 60.1 Å². The molecule has 0 radical (unpaired) electrons. The molecule has 8 aromatic carbocycles. The van der Waals surface area contributed by atoms with E-state index in [2.05, 4.69) is 61.0 Å². The summed E-state index contributed by atoms with van der Waals surface area (Å²) in [5.74, 6) is 0.347. The van der Waals surface area contributed by atoms with Crippen molar-refractivity contribution < 1.29 is 42.3 Å². The Kier molecular flexibility index (Phi) is 9.24. The summed E-state index contributed by atoms with van der Waals surface area (Å²) in [6.45, 7) is 7.38. The summed E-state index contributed by atoms with van der Waals surface area (Å²) in [7, 11) is 0. The van der Waals surface area contributed by atoms with Crippen molar-refractivity contribution >= 4 is 44.6 Å². The first-order chi connectivity index (χ1) is 38.3. The monoisotopic (exact) mass is 1100 g/mol. The number of hydrogen-bond acceptors (Lipinski definition) is 4.